The SMILES string of the molecule is COc1cc(/C=c2\sc3n(c2=O)[C@H](c2cc(Br)ccc2OC)C(C(=O)OC(C)C)=C(C)N=3)c(Br)cc1OCc1ccc(Cl)cc1Cl. The Hall–Kier alpha value is -3.09. The van der Waals surface area contributed by atoms with Gasteiger partial charge in [0.05, 0.1) is 36.1 Å². The van der Waals surface area contributed by atoms with E-state index in [2.05, 4.69) is 36.9 Å². The van der Waals surface area contributed by atoms with E-state index in [-0.39, 0.29) is 23.8 Å². The Labute approximate surface area is 296 Å². The number of nitrogens with zero attached hydrogens (tertiary/aromatic N) is 2. The number of fused-ring (bicyclic) bond motifs is 1. The standard InChI is InChI=1S/C33H28Br2Cl2N2O6S/c1-16(2)45-32(41)29-17(3)38-33-39(30(29)22-12-20(34)7-9-25(22)42-4)31(40)28(46-33)11-19-10-26(43-5)27(14-23(19)35)44-15-18-6-8-21(36)13-24(18)37/h6-14,16,30H,15H2,1-5H3/b28-11-/t30-/m1/s1. The maximum atomic E-state index is 14.2. The van der Waals surface area contributed by atoms with Crippen LogP contribution >= 0.6 is 66.4 Å². The van der Waals surface area contributed by atoms with Crippen LogP contribution in [0.1, 0.15) is 43.5 Å². The monoisotopic (exact) mass is 808 g/mol. The Morgan fingerprint density at radius 1 is 1.04 bits per heavy atom. The number of thiazole rings is 1. The first-order chi connectivity index (χ1) is 21.9. The van der Waals surface area contributed by atoms with Gasteiger partial charge in [0.1, 0.15) is 18.4 Å². The fourth-order valence-electron chi connectivity index (χ4n) is 4.94. The number of carbonyl (C=O) groups is 1. The molecule has 5 rings (SSSR count). The second-order valence-corrected chi connectivity index (χ2v) is 14.1. The molecule has 0 bridgehead atoms. The number of methoxy groups -OCH3 is 2. The molecule has 1 aliphatic heterocycles. The molecule has 0 saturated heterocycles. The summed E-state index contributed by atoms with van der Waals surface area (Å²) in [5.74, 6) is 0.888. The average molecular weight is 811 g/mol. The molecule has 13 heteroatoms. The summed E-state index contributed by atoms with van der Waals surface area (Å²) in [5.41, 5.74) is 2.43. The summed E-state index contributed by atoms with van der Waals surface area (Å²) < 4.78 is 26.3. The maximum Gasteiger partial charge on any atom is 0.338 e. The van der Waals surface area contributed by atoms with Crippen LogP contribution in [0.25, 0.3) is 6.08 Å². The summed E-state index contributed by atoms with van der Waals surface area (Å²) in [7, 11) is 3.08. The molecule has 4 aromatic rings. The van der Waals surface area contributed by atoms with Crippen molar-refractivity contribution in [1.82, 2.24) is 4.57 Å². The lowest BCUT2D eigenvalue weighted by molar-refractivity contribution is -0.143. The van der Waals surface area contributed by atoms with E-state index in [4.69, 9.17) is 42.1 Å². The minimum absolute atomic E-state index is 0.191. The summed E-state index contributed by atoms with van der Waals surface area (Å²) in [5, 5.41) is 1.03. The molecular formula is C33H28Br2Cl2N2O6S. The highest BCUT2D eigenvalue weighted by Crippen LogP contribution is 2.38. The zero-order chi connectivity index (χ0) is 33.3. The lowest BCUT2D eigenvalue weighted by Gasteiger charge is -2.26. The summed E-state index contributed by atoms with van der Waals surface area (Å²) in [4.78, 5) is 32.8. The molecule has 46 heavy (non-hydrogen) atoms. The highest BCUT2D eigenvalue weighted by molar-refractivity contribution is 9.10. The third kappa shape index (κ3) is 7.08. The van der Waals surface area contributed by atoms with Crippen molar-refractivity contribution in [2.45, 2.75) is 39.5 Å². The molecule has 1 aromatic heterocycles. The van der Waals surface area contributed by atoms with Gasteiger partial charge in [0.2, 0.25) is 0 Å². The zero-order valence-electron chi connectivity index (χ0n) is 25.3. The largest absolute Gasteiger partial charge is 0.496 e. The Balaban J connectivity index is 1.61. The van der Waals surface area contributed by atoms with Gasteiger partial charge in [-0.05, 0) is 74.9 Å². The predicted octanol–water partition coefficient (Wildman–Crippen LogP) is 7.61. The van der Waals surface area contributed by atoms with Crippen molar-refractivity contribution in [3.05, 3.63) is 115 Å². The summed E-state index contributed by atoms with van der Waals surface area (Å²) >= 11 is 20.7. The van der Waals surface area contributed by atoms with Gasteiger partial charge in [-0.1, -0.05) is 72.5 Å². The van der Waals surface area contributed by atoms with Gasteiger partial charge in [-0.3, -0.25) is 9.36 Å². The Bertz CT molecular complexity index is 2060. The van der Waals surface area contributed by atoms with Gasteiger partial charge in [-0.15, -0.1) is 0 Å². The first kappa shape index (κ1) is 34.3. The van der Waals surface area contributed by atoms with E-state index < -0.39 is 12.0 Å². The van der Waals surface area contributed by atoms with Crippen molar-refractivity contribution in [3.63, 3.8) is 0 Å². The first-order valence-corrected chi connectivity index (χ1v) is 17.1. The van der Waals surface area contributed by atoms with Crippen LogP contribution in [0, 0.1) is 0 Å². The fourth-order valence-corrected chi connectivity index (χ4v) is 7.26. The molecule has 0 radical (unpaired) electrons. The molecule has 0 fully saturated rings. The second-order valence-electron chi connectivity index (χ2n) is 10.5. The molecule has 0 aliphatic carbocycles. The van der Waals surface area contributed by atoms with Gasteiger partial charge >= 0.3 is 5.97 Å². The van der Waals surface area contributed by atoms with E-state index in [1.807, 2.05) is 12.1 Å². The third-order valence-electron chi connectivity index (χ3n) is 7.04. The van der Waals surface area contributed by atoms with Crippen molar-refractivity contribution in [2.24, 2.45) is 4.99 Å². The summed E-state index contributed by atoms with van der Waals surface area (Å²) in [6.45, 7) is 5.47. The number of benzene rings is 3. The van der Waals surface area contributed by atoms with Crippen LogP contribution in [-0.2, 0) is 16.1 Å². The third-order valence-corrected chi connectivity index (χ3v) is 9.79. The lowest BCUT2D eigenvalue weighted by atomic mass is 9.95. The molecule has 0 saturated carbocycles. The smallest absolute Gasteiger partial charge is 0.338 e. The zero-order valence-corrected chi connectivity index (χ0v) is 30.8. The van der Waals surface area contributed by atoms with Crippen LogP contribution in [0.15, 0.2) is 78.5 Å². The normalized spacial score (nSPS) is 14.7. The molecule has 2 heterocycles. The average Bonchev–Trinajstić information content (AvgIpc) is 3.30. The van der Waals surface area contributed by atoms with Crippen molar-refractivity contribution in [3.8, 4) is 17.2 Å². The van der Waals surface area contributed by atoms with Crippen LogP contribution in [-0.4, -0.2) is 30.9 Å². The van der Waals surface area contributed by atoms with Crippen LogP contribution in [0.5, 0.6) is 17.2 Å². The van der Waals surface area contributed by atoms with Gasteiger partial charge in [0, 0.05) is 30.1 Å². The number of rotatable bonds is 9. The predicted molar refractivity (Wildman–Crippen MR) is 187 cm³/mol. The second kappa shape index (κ2) is 14.4. The lowest BCUT2D eigenvalue weighted by Crippen LogP contribution is -2.40. The number of ether oxygens (including phenoxy) is 4. The van der Waals surface area contributed by atoms with Crippen molar-refractivity contribution >= 4 is 78.4 Å². The number of esters is 1. The molecule has 0 N–H and O–H groups in total. The summed E-state index contributed by atoms with van der Waals surface area (Å²) in [6, 6.07) is 13.3. The number of halogens is 4. The van der Waals surface area contributed by atoms with Crippen LogP contribution in [0.4, 0.5) is 0 Å². The molecule has 1 aliphatic rings. The molecule has 8 nitrogen and oxygen atoms in total. The van der Waals surface area contributed by atoms with Crippen molar-refractivity contribution in [2.75, 3.05) is 14.2 Å². The Kier molecular flexibility index (Phi) is 10.7. The minimum Gasteiger partial charge on any atom is -0.496 e. The number of hydrogen-bond donors (Lipinski definition) is 0. The van der Waals surface area contributed by atoms with E-state index >= 15 is 0 Å². The van der Waals surface area contributed by atoms with Gasteiger partial charge in [0.25, 0.3) is 5.56 Å². The van der Waals surface area contributed by atoms with Gasteiger partial charge in [0.15, 0.2) is 16.3 Å². The Morgan fingerprint density at radius 3 is 2.46 bits per heavy atom. The topological polar surface area (TPSA) is 88.4 Å². The molecular weight excluding hydrogens is 783 g/mol. The summed E-state index contributed by atoms with van der Waals surface area (Å²) in [6.07, 6.45) is 1.38. The highest BCUT2D eigenvalue weighted by atomic mass is 79.9. The van der Waals surface area contributed by atoms with E-state index in [1.165, 1.54) is 23.0 Å². The van der Waals surface area contributed by atoms with E-state index in [0.29, 0.717) is 57.9 Å². The molecule has 1 atom stereocenters. The van der Waals surface area contributed by atoms with E-state index in [0.717, 1.165) is 10.0 Å². The number of carbonyl (C=O) groups excluding carboxylic acids is 1. The number of allylic oxidation sites excluding steroid dienone is 1. The highest BCUT2D eigenvalue weighted by Gasteiger charge is 2.35. The van der Waals surface area contributed by atoms with E-state index in [9.17, 15) is 9.59 Å². The first-order valence-electron chi connectivity index (χ1n) is 13.9. The number of aromatic nitrogens is 1. The Morgan fingerprint density at radius 2 is 1.78 bits per heavy atom. The molecule has 0 amide bonds. The fraction of sp³-hybridized carbons (Fsp3) is 0.242. The molecule has 0 spiro atoms. The molecule has 240 valence electrons. The van der Waals surface area contributed by atoms with Crippen molar-refractivity contribution in [1.29, 1.82) is 0 Å². The van der Waals surface area contributed by atoms with Crippen LogP contribution in [0.2, 0.25) is 10.0 Å². The van der Waals surface area contributed by atoms with Gasteiger partial charge < -0.3 is 18.9 Å². The van der Waals surface area contributed by atoms with Crippen molar-refractivity contribution < 1.29 is 23.7 Å². The van der Waals surface area contributed by atoms with Crippen LogP contribution < -0.4 is 29.1 Å². The maximum absolute atomic E-state index is 14.2. The number of hydrogen-bond acceptors (Lipinski definition) is 8. The minimum atomic E-state index is -0.842. The van der Waals surface area contributed by atoms with Crippen LogP contribution in [0.3, 0.4) is 0 Å². The van der Waals surface area contributed by atoms with Gasteiger partial charge in [-0.25, -0.2) is 9.79 Å². The quantitative estimate of drug-likeness (QED) is 0.162. The molecule has 3 aromatic carbocycles. The van der Waals surface area contributed by atoms with Gasteiger partial charge in [-0.2, -0.15) is 0 Å². The molecule has 0 unspecified atom stereocenters. The van der Waals surface area contributed by atoms with E-state index in [1.54, 1.807) is 70.4 Å².